The van der Waals surface area contributed by atoms with E-state index < -0.39 is 6.04 Å². The highest BCUT2D eigenvalue weighted by Crippen LogP contribution is 2.32. The monoisotopic (exact) mass is 377 g/mol. The van der Waals surface area contributed by atoms with Gasteiger partial charge in [0.2, 0.25) is 0 Å². The summed E-state index contributed by atoms with van der Waals surface area (Å²) in [5.74, 6) is 0. The molecule has 20 heavy (non-hydrogen) atoms. The van der Waals surface area contributed by atoms with Crippen LogP contribution < -0.4 is 5.73 Å². The van der Waals surface area contributed by atoms with Gasteiger partial charge in [0.15, 0.2) is 0 Å². The summed E-state index contributed by atoms with van der Waals surface area (Å²) >= 11 is 15.6. The van der Waals surface area contributed by atoms with E-state index in [1.54, 1.807) is 25.4 Å². The van der Waals surface area contributed by atoms with Crippen LogP contribution in [0.25, 0.3) is 0 Å². The third-order valence-electron chi connectivity index (χ3n) is 2.93. The third kappa shape index (κ3) is 3.35. The van der Waals surface area contributed by atoms with Gasteiger partial charge in [0, 0.05) is 17.2 Å². The highest BCUT2D eigenvalue weighted by molar-refractivity contribution is 9.10. The van der Waals surface area contributed by atoms with Crippen molar-refractivity contribution in [1.82, 2.24) is 9.78 Å². The quantitative estimate of drug-likeness (QED) is 0.863. The maximum absolute atomic E-state index is 6.33. The molecule has 0 saturated carbocycles. The van der Waals surface area contributed by atoms with Gasteiger partial charge in [-0.05, 0) is 33.6 Å². The molecular formula is C13H14BrCl2N3O. The average molecular weight is 379 g/mol. The van der Waals surface area contributed by atoms with E-state index in [1.807, 2.05) is 10.7 Å². The molecule has 0 aliphatic carbocycles. The first-order valence-corrected chi connectivity index (χ1v) is 7.50. The number of halogens is 3. The van der Waals surface area contributed by atoms with Crippen molar-refractivity contribution in [3.05, 3.63) is 50.2 Å². The van der Waals surface area contributed by atoms with Crippen LogP contribution in [0.4, 0.5) is 0 Å². The molecule has 2 N–H and O–H groups in total. The van der Waals surface area contributed by atoms with Crippen LogP contribution in [0.3, 0.4) is 0 Å². The van der Waals surface area contributed by atoms with E-state index in [9.17, 15) is 0 Å². The minimum absolute atomic E-state index is 0.395. The lowest BCUT2D eigenvalue weighted by Gasteiger charge is -2.17. The predicted molar refractivity (Wildman–Crippen MR) is 84.3 cm³/mol. The molecule has 1 atom stereocenters. The van der Waals surface area contributed by atoms with Crippen molar-refractivity contribution in [2.75, 3.05) is 13.7 Å². The first kappa shape index (κ1) is 15.8. The topological polar surface area (TPSA) is 53.1 Å². The SMILES string of the molecule is COCCn1ncc(Br)c1C(N)c1ccc(Cl)cc1Cl. The summed E-state index contributed by atoms with van der Waals surface area (Å²) in [4.78, 5) is 0. The van der Waals surface area contributed by atoms with Crippen LogP contribution in [0.2, 0.25) is 10.0 Å². The van der Waals surface area contributed by atoms with E-state index in [-0.39, 0.29) is 0 Å². The van der Waals surface area contributed by atoms with E-state index >= 15 is 0 Å². The van der Waals surface area contributed by atoms with E-state index in [1.165, 1.54) is 0 Å². The first-order chi connectivity index (χ1) is 9.54. The van der Waals surface area contributed by atoms with Gasteiger partial charge in [0.1, 0.15) is 0 Å². The Labute approximate surface area is 135 Å². The molecule has 108 valence electrons. The summed E-state index contributed by atoms with van der Waals surface area (Å²) in [5.41, 5.74) is 7.98. The molecule has 7 heteroatoms. The molecule has 0 saturated heterocycles. The summed E-state index contributed by atoms with van der Waals surface area (Å²) < 4.78 is 7.72. The molecule has 2 aromatic rings. The molecule has 1 aromatic heterocycles. The zero-order chi connectivity index (χ0) is 14.7. The van der Waals surface area contributed by atoms with E-state index in [4.69, 9.17) is 33.7 Å². The molecular weight excluding hydrogens is 365 g/mol. The van der Waals surface area contributed by atoms with Gasteiger partial charge < -0.3 is 10.5 Å². The van der Waals surface area contributed by atoms with E-state index in [2.05, 4.69) is 21.0 Å². The van der Waals surface area contributed by atoms with Gasteiger partial charge in [0.25, 0.3) is 0 Å². The Bertz CT molecular complexity index is 603. The zero-order valence-electron chi connectivity index (χ0n) is 10.8. The second kappa shape index (κ2) is 6.91. The third-order valence-corrected chi connectivity index (χ3v) is 4.11. The fourth-order valence-corrected chi connectivity index (χ4v) is 3.01. The standard InChI is InChI=1S/C13H14BrCl2N3O/c1-20-5-4-19-13(10(14)7-18-19)12(17)9-3-2-8(15)6-11(9)16/h2-3,6-7,12H,4-5,17H2,1H3. The second-order valence-electron chi connectivity index (χ2n) is 4.24. The maximum atomic E-state index is 6.33. The maximum Gasteiger partial charge on any atom is 0.0749 e. The highest BCUT2D eigenvalue weighted by atomic mass is 79.9. The minimum atomic E-state index is -0.395. The Morgan fingerprint density at radius 2 is 2.20 bits per heavy atom. The Kier molecular flexibility index (Phi) is 5.46. The highest BCUT2D eigenvalue weighted by Gasteiger charge is 2.20. The van der Waals surface area contributed by atoms with Crippen LogP contribution in [0.1, 0.15) is 17.3 Å². The summed E-state index contributed by atoms with van der Waals surface area (Å²) in [5, 5.41) is 5.41. The van der Waals surface area contributed by atoms with Crippen LogP contribution in [-0.2, 0) is 11.3 Å². The zero-order valence-corrected chi connectivity index (χ0v) is 13.9. The number of benzene rings is 1. The minimum Gasteiger partial charge on any atom is -0.383 e. The van der Waals surface area contributed by atoms with Crippen LogP contribution in [-0.4, -0.2) is 23.5 Å². The van der Waals surface area contributed by atoms with Crippen LogP contribution in [0, 0.1) is 0 Å². The Morgan fingerprint density at radius 3 is 2.85 bits per heavy atom. The van der Waals surface area contributed by atoms with Crippen molar-refractivity contribution in [2.24, 2.45) is 5.73 Å². The van der Waals surface area contributed by atoms with Crippen molar-refractivity contribution in [1.29, 1.82) is 0 Å². The lowest BCUT2D eigenvalue weighted by Crippen LogP contribution is -2.20. The van der Waals surface area contributed by atoms with Crippen molar-refractivity contribution >= 4 is 39.1 Å². The number of nitrogens with two attached hydrogens (primary N) is 1. The number of methoxy groups -OCH3 is 1. The van der Waals surface area contributed by atoms with Crippen LogP contribution in [0.5, 0.6) is 0 Å². The van der Waals surface area contributed by atoms with Crippen LogP contribution in [0.15, 0.2) is 28.9 Å². The predicted octanol–water partition coefficient (Wildman–Crippen LogP) is 3.65. The van der Waals surface area contributed by atoms with E-state index in [0.29, 0.717) is 23.2 Å². The molecule has 1 unspecified atom stereocenters. The largest absolute Gasteiger partial charge is 0.383 e. The van der Waals surface area contributed by atoms with Gasteiger partial charge in [0.05, 0.1) is 35.6 Å². The van der Waals surface area contributed by atoms with E-state index in [0.717, 1.165) is 15.7 Å². The summed E-state index contributed by atoms with van der Waals surface area (Å²) in [6, 6.07) is 4.89. The fourth-order valence-electron chi connectivity index (χ4n) is 1.94. The summed E-state index contributed by atoms with van der Waals surface area (Å²) in [6.45, 7) is 1.18. The lowest BCUT2D eigenvalue weighted by molar-refractivity contribution is 0.182. The fraction of sp³-hybridized carbons (Fsp3) is 0.308. The molecule has 0 fully saturated rings. The average Bonchev–Trinajstić information content (AvgIpc) is 2.77. The normalized spacial score (nSPS) is 12.7. The molecule has 4 nitrogen and oxygen atoms in total. The molecule has 1 heterocycles. The van der Waals surface area contributed by atoms with Gasteiger partial charge in [-0.15, -0.1) is 0 Å². The Hall–Kier alpha value is -0.590. The van der Waals surface area contributed by atoms with Crippen molar-refractivity contribution in [2.45, 2.75) is 12.6 Å². The Balaban J connectivity index is 2.37. The number of aromatic nitrogens is 2. The van der Waals surface area contributed by atoms with Crippen LogP contribution >= 0.6 is 39.1 Å². The molecule has 0 spiro atoms. The molecule has 0 bridgehead atoms. The number of hydrogen-bond acceptors (Lipinski definition) is 3. The van der Waals surface area contributed by atoms with Crippen molar-refractivity contribution < 1.29 is 4.74 Å². The van der Waals surface area contributed by atoms with Gasteiger partial charge >= 0.3 is 0 Å². The number of rotatable bonds is 5. The second-order valence-corrected chi connectivity index (χ2v) is 5.94. The van der Waals surface area contributed by atoms with Gasteiger partial charge in [-0.2, -0.15) is 5.10 Å². The van der Waals surface area contributed by atoms with Gasteiger partial charge in [-0.25, -0.2) is 0 Å². The summed E-state index contributed by atoms with van der Waals surface area (Å²) in [6.07, 6.45) is 1.72. The van der Waals surface area contributed by atoms with Gasteiger partial charge in [-0.3, -0.25) is 4.68 Å². The first-order valence-electron chi connectivity index (χ1n) is 5.95. The van der Waals surface area contributed by atoms with Crippen molar-refractivity contribution in [3.8, 4) is 0 Å². The number of nitrogens with zero attached hydrogens (tertiary/aromatic N) is 2. The van der Waals surface area contributed by atoms with Gasteiger partial charge in [-0.1, -0.05) is 29.3 Å². The molecule has 1 aromatic carbocycles. The lowest BCUT2D eigenvalue weighted by atomic mass is 10.0. The smallest absolute Gasteiger partial charge is 0.0749 e. The van der Waals surface area contributed by atoms with Crippen molar-refractivity contribution in [3.63, 3.8) is 0 Å². The molecule has 0 aliphatic heterocycles. The number of ether oxygens (including phenoxy) is 1. The Morgan fingerprint density at radius 1 is 1.45 bits per heavy atom. The number of hydrogen-bond donors (Lipinski definition) is 1. The molecule has 0 aliphatic rings. The molecule has 0 radical (unpaired) electrons. The molecule has 0 amide bonds. The molecule has 2 rings (SSSR count). The summed E-state index contributed by atoms with van der Waals surface area (Å²) in [7, 11) is 1.65.